The van der Waals surface area contributed by atoms with Gasteiger partial charge in [-0.1, -0.05) is 6.07 Å². The first kappa shape index (κ1) is 15.6. The molecular weight excluding hydrogens is 263 g/mol. The number of ether oxygens (including phenoxy) is 2. The van der Waals surface area contributed by atoms with Crippen molar-refractivity contribution in [1.29, 1.82) is 0 Å². The molecule has 0 aliphatic carbocycles. The fourth-order valence-electron chi connectivity index (χ4n) is 1.82. The Kier molecular flexibility index (Phi) is 5.02. The molecule has 19 heavy (non-hydrogen) atoms. The molecule has 1 atom stereocenters. The van der Waals surface area contributed by atoms with Crippen LogP contribution in [-0.2, 0) is 6.18 Å². The number of likely N-dealkylation sites (N-methyl/N-ethyl adjacent to an activating group) is 1. The van der Waals surface area contributed by atoms with Gasteiger partial charge in [-0.3, -0.25) is 0 Å². The number of methoxy groups -OCH3 is 2. The molecule has 0 fully saturated rings. The molecule has 0 amide bonds. The number of aliphatic hydroxyl groups excluding tert-OH is 1. The molecule has 0 aliphatic heterocycles. The van der Waals surface area contributed by atoms with E-state index >= 15 is 0 Å². The number of benzene rings is 1. The third kappa shape index (κ3) is 3.30. The molecule has 7 heteroatoms. The molecule has 0 saturated carbocycles. The fourth-order valence-corrected chi connectivity index (χ4v) is 1.82. The van der Waals surface area contributed by atoms with E-state index in [1.54, 1.807) is 0 Å². The summed E-state index contributed by atoms with van der Waals surface area (Å²) in [4.78, 5) is 0. The van der Waals surface area contributed by atoms with Crippen LogP contribution < -0.4 is 14.8 Å². The lowest BCUT2D eigenvalue weighted by atomic mass is 10.00. The molecule has 0 aliphatic rings. The Bertz CT molecular complexity index is 435. The van der Waals surface area contributed by atoms with E-state index in [0.29, 0.717) is 0 Å². The largest absolute Gasteiger partial charge is 0.493 e. The van der Waals surface area contributed by atoms with Crippen molar-refractivity contribution in [2.75, 3.05) is 27.8 Å². The maximum absolute atomic E-state index is 13.1. The maximum Gasteiger partial charge on any atom is 0.420 e. The quantitative estimate of drug-likeness (QED) is 0.865. The molecule has 0 radical (unpaired) electrons. The van der Waals surface area contributed by atoms with Crippen molar-refractivity contribution in [3.8, 4) is 11.5 Å². The van der Waals surface area contributed by atoms with Gasteiger partial charge in [0.25, 0.3) is 0 Å². The van der Waals surface area contributed by atoms with Crippen molar-refractivity contribution >= 4 is 0 Å². The van der Waals surface area contributed by atoms with Crippen LogP contribution in [0.25, 0.3) is 0 Å². The minimum atomic E-state index is -4.65. The van der Waals surface area contributed by atoms with Gasteiger partial charge in [0.05, 0.1) is 20.3 Å². The van der Waals surface area contributed by atoms with Crippen LogP contribution in [0.1, 0.15) is 17.2 Å². The zero-order valence-corrected chi connectivity index (χ0v) is 10.8. The molecule has 1 rings (SSSR count). The second-order valence-electron chi connectivity index (χ2n) is 3.84. The van der Waals surface area contributed by atoms with E-state index in [1.165, 1.54) is 26.3 Å². The van der Waals surface area contributed by atoms with Gasteiger partial charge in [-0.2, -0.15) is 13.2 Å². The van der Waals surface area contributed by atoms with Gasteiger partial charge < -0.3 is 19.9 Å². The molecule has 0 saturated heterocycles. The van der Waals surface area contributed by atoms with Gasteiger partial charge in [0.1, 0.15) is 5.56 Å². The maximum atomic E-state index is 13.1. The summed E-state index contributed by atoms with van der Waals surface area (Å²) in [5.74, 6) is -0.460. The average Bonchev–Trinajstić information content (AvgIpc) is 2.35. The summed E-state index contributed by atoms with van der Waals surface area (Å²) in [6.45, 7) is -0.00143. The van der Waals surface area contributed by atoms with Gasteiger partial charge in [-0.15, -0.1) is 0 Å². The molecular formula is C12H16F3NO3. The molecule has 4 nitrogen and oxygen atoms in total. The molecule has 1 aromatic rings. The molecule has 0 bridgehead atoms. The van der Waals surface area contributed by atoms with E-state index in [-0.39, 0.29) is 17.9 Å². The van der Waals surface area contributed by atoms with Crippen LogP contribution in [0.4, 0.5) is 13.2 Å². The first-order valence-corrected chi connectivity index (χ1v) is 5.51. The summed E-state index contributed by atoms with van der Waals surface area (Å²) in [6.07, 6.45) is -5.94. The molecule has 1 unspecified atom stereocenters. The monoisotopic (exact) mass is 279 g/mol. The van der Waals surface area contributed by atoms with Crippen LogP contribution in [0.2, 0.25) is 0 Å². The lowest BCUT2D eigenvalue weighted by molar-refractivity contribution is -0.140. The summed E-state index contributed by atoms with van der Waals surface area (Å²) >= 11 is 0. The normalized spacial score (nSPS) is 13.2. The van der Waals surface area contributed by atoms with Gasteiger partial charge in [-0.05, 0) is 18.7 Å². The molecule has 0 heterocycles. The third-order valence-electron chi connectivity index (χ3n) is 2.62. The average molecular weight is 279 g/mol. The highest BCUT2D eigenvalue weighted by atomic mass is 19.4. The van der Waals surface area contributed by atoms with E-state index in [2.05, 4.69) is 5.32 Å². The Morgan fingerprint density at radius 1 is 1.26 bits per heavy atom. The Labute approximate surface area is 109 Å². The number of aliphatic hydroxyl groups is 1. The highest BCUT2D eigenvalue weighted by Crippen LogP contribution is 2.45. The fraction of sp³-hybridized carbons (Fsp3) is 0.500. The van der Waals surface area contributed by atoms with Crippen molar-refractivity contribution in [3.05, 3.63) is 23.3 Å². The van der Waals surface area contributed by atoms with Crippen molar-refractivity contribution in [2.45, 2.75) is 12.3 Å². The molecule has 2 N–H and O–H groups in total. The smallest absolute Gasteiger partial charge is 0.420 e. The first-order valence-electron chi connectivity index (χ1n) is 5.51. The van der Waals surface area contributed by atoms with Crippen LogP contribution in [0.15, 0.2) is 12.1 Å². The minimum absolute atomic E-state index is 0.00143. The van der Waals surface area contributed by atoms with Crippen molar-refractivity contribution in [1.82, 2.24) is 5.32 Å². The van der Waals surface area contributed by atoms with E-state index in [4.69, 9.17) is 9.47 Å². The lowest BCUT2D eigenvalue weighted by Gasteiger charge is -2.21. The van der Waals surface area contributed by atoms with Crippen LogP contribution in [-0.4, -0.2) is 32.9 Å². The van der Waals surface area contributed by atoms with Crippen LogP contribution >= 0.6 is 0 Å². The van der Waals surface area contributed by atoms with E-state index in [9.17, 15) is 18.3 Å². The number of alkyl halides is 3. The summed E-state index contributed by atoms with van der Waals surface area (Å²) in [7, 11) is 3.92. The van der Waals surface area contributed by atoms with Crippen LogP contribution in [0, 0.1) is 0 Å². The predicted molar refractivity (Wildman–Crippen MR) is 63.4 cm³/mol. The molecule has 1 aromatic carbocycles. The summed E-state index contributed by atoms with van der Waals surface area (Å²) < 4.78 is 49.1. The SMILES string of the molecule is CNCC(O)c1ccc(OC)c(OC)c1C(F)(F)F. The zero-order chi connectivity index (χ0) is 14.6. The third-order valence-corrected chi connectivity index (χ3v) is 2.62. The number of nitrogens with one attached hydrogen (secondary N) is 1. The second-order valence-corrected chi connectivity index (χ2v) is 3.84. The van der Waals surface area contributed by atoms with Gasteiger partial charge >= 0.3 is 6.18 Å². The molecule has 0 aromatic heterocycles. The highest BCUT2D eigenvalue weighted by molar-refractivity contribution is 5.53. The summed E-state index contributed by atoms with van der Waals surface area (Å²) in [5.41, 5.74) is -1.27. The van der Waals surface area contributed by atoms with Crippen LogP contribution in [0.3, 0.4) is 0 Å². The molecule has 0 spiro atoms. The summed E-state index contributed by atoms with van der Waals surface area (Å²) in [6, 6.07) is 2.52. The Morgan fingerprint density at radius 3 is 2.32 bits per heavy atom. The van der Waals surface area contributed by atoms with E-state index in [0.717, 1.165) is 7.11 Å². The van der Waals surface area contributed by atoms with Crippen molar-refractivity contribution < 1.29 is 27.8 Å². The topological polar surface area (TPSA) is 50.7 Å². The Hall–Kier alpha value is -1.47. The second kappa shape index (κ2) is 6.12. The number of hydrogen-bond acceptors (Lipinski definition) is 4. The lowest BCUT2D eigenvalue weighted by Crippen LogP contribution is -2.21. The van der Waals surface area contributed by atoms with Gasteiger partial charge in [0.2, 0.25) is 0 Å². The Balaban J connectivity index is 3.47. The minimum Gasteiger partial charge on any atom is -0.493 e. The van der Waals surface area contributed by atoms with Gasteiger partial charge in [-0.25, -0.2) is 0 Å². The van der Waals surface area contributed by atoms with Crippen LogP contribution in [0.5, 0.6) is 11.5 Å². The van der Waals surface area contributed by atoms with E-state index in [1.807, 2.05) is 0 Å². The number of halogens is 3. The van der Waals surface area contributed by atoms with E-state index < -0.39 is 23.6 Å². The van der Waals surface area contributed by atoms with Gasteiger partial charge in [0, 0.05) is 6.54 Å². The summed E-state index contributed by atoms with van der Waals surface area (Å²) in [5, 5.41) is 12.4. The van der Waals surface area contributed by atoms with Gasteiger partial charge in [0.15, 0.2) is 11.5 Å². The number of rotatable bonds is 5. The van der Waals surface area contributed by atoms with Crippen molar-refractivity contribution in [3.63, 3.8) is 0 Å². The first-order chi connectivity index (χ1) is 8.86. The Morgan fingerprint density at radius 2 is 1.89 bits per heavy atom. The standard InChI is InChI=1S/C12H16F3NO3/c1-16-6-8(17)7-4-5-9(18-2)11(19-3)10(7)12(13,14)15/h4-5,8,16-17H,6H2,1-3H3. The van der Waals surface area contributed by atoms with Crippen molar-refractivity contribution in [2.24, 2.45) is 0 Å². The number of hydrogen-bond donors (Lipinski definition) is 2. The zero-order valence-electron chi connectivity index (χ0n) is 10.8. The highest BCUT2D eigenvalue weighted by Gasteiger charge is 2.40. The predicted octanol–water partition coefficient (Wildman–Crippen LogP) is 1.98. The molecule has 108 valence electrons.